The molecule has 0 spiro atoms. The molecule has 3 aromatic rings. The fourth-order valence-corrected chi connectivity index (χ4v) is 3.51. The van der Waals surface area contributed by atoms with E-state index in [9.17, 15) is 4.79 Å². The third-order valence-electron chi connectivity index (χ3n) is 3.97. The Kier molecular flexibility index (Phi) is 7.42. The number of carbonyl (C=O) groups excluding carboxylic acids is 1. The molecule has 0 fully saturated rings. The predicted molar refractivity (Wildman–Crippen MR) is 121 cm³/mol. The van der Waals surface area contributed by atoms with Crippen LogP contribution in [0.3, 0.4) is 0 Å². The standard InChI is InChI=1S/C22H18BrCl2NO3/c1-2-28-21-17(23)10-15(11-20(21)29-13-14-6-4-3-5-7-14)22(27)26-19-12-16(24)8-9-18(19)25/h3-12H,2,13H2,1H3,(H,26,27). The SMILES string of the molecule is CCOc1c(Br)cc(C(=O)Nc2cc(Cl)ccc2Cl)cc1OCc1ccccc1. The monoisotopic (exact) mass is 493 g/mol. The molecule has 0 unspecified atom stereocenters. The van der Waals surface area contributed by atoms with E-state index in [2.05, 4.69) is 21.2 Å². The highest BCUT2D eigenvalue weighted by atomic mass is 79.9. The number of ether oxygens (including phenoxy) is 2. The molecule has 0 aliphatic rings. The molecule has 0 saturated carbocycles. The molecule has 0 bridgehead atoms. The van der Waals surface area contributed by atoms with Gasteiger partial charge in [-0.05, 0) is 58.7 Å². The van der Waals surface area contributed by atoms with Gasteiger partial charge in [0.1, 0.15) is 6.61 Å². The molecule has 0 aliphatic carbocycles. The van der Waals surface area contributed by atoms with E-state index in [4.69, 9.17) is 32.7 Å². The Balaban J connectivity index is 1.87. The zero-order chi connectivity index (χ0) is 20.8. The van der Waals surface area contributed by atoms with Crippen LogP contribution >= 0.6 is 39.1 Å². The van der Waals surface area contributed by atoms with E-state index in [0.717, 1.165) is 5.56 Å². The summed E-state index contributed by atoms with van der Waals surface area (Å²) in [6, 6.07) is 18.0. The first-order chi connectivity index (χ1) is 14.0. The minimum Gasteiger partial charge on any atom is -0.489 e. The van der Waals surface area contributed by atoms with Gasteiger partial charge in [0.15, 0.2) is 11.5 Å². The molecule has 0 aromatic heterocycles. The highest BCUT2D eigenvalue weighted by Crippen LogP contribution is 2.38. The van der Waals surface area contributed by atoms with Crippen LogP contribution in [0.25, 0.3) is 0 Å². The van der Waals surface area contributed by atoms with Crippen LogP contribution in [-0.4, -0.2) is 12.5 Å². The van der Waals surface area contributed by atoms with Crippen molar-refractivity contribution in [3.8, 4) is 11.5 Å². The summed E-state index contributed by atoms with van der Waals surface area (Å²) in [7, 11) is 0. The summed E-state index contributed by atoms with van der Waals surface area (Å²) in [6.45, 7) is 2.69. The van der Waals surface area contributed by atoms with Crippen molar-refractivity contribution in [1.82, 2.24) is 0 Å². The summed E-state index contributed by atoms with van der Waals surface area (Å²) in [4.78, 5) is 12.8. The number of benzene rings is 3. The summed E-state index contributed by atoms with van der Waals surface area (Å²) in [6.07, 6.45) is 0. The van der Waals surface area contributed by atoms with Crippen molar-refractivity contribution in [3.63, 3.8) is 0 Å². The van der Waals surface area contributed by atoms with Gasteiger partial charge in [-0.3, -0.25) is 4.79 Å². The first-order valence-electron chi connectivity index (χ1n) is 8.87. The Hall–Kier alpha value is -2.21. The lowest BCUT2D eigenvalue weighted by molar-refractivity contribution is 0.102. The lowest BCUT2D eigenvalue weighted by Crippen LogP contribution is -2.13. The molecule has 4 nitrogen and oxygen atoms in total. The Morgan fingerprint density at radius 1 is 1.03 bits per heavy atom. The number of halogens is 3. The van der Waals surface area contributed by atoms with Gasteiger partial charge in [-0.2, -0.15) is 0 Å². The third kappa shape index (κ3) is 5.66. The molecule has 0 aliphatic heterocycles. The van der Waals surface area contributed by atoms with Crippen LogP contribution in [0.4, 0.5) is 5.69 Å². The second-order valence-electron chi connectivity index (χ2n) is 6.07. The fourth-order valence-electron chi connectivity index (χ4n) is 2.61. The molecule has 3 rings (SSSR count). The first-order valence-corrected chi connectivity index (χ1v) is 10.4. The molecule has 150 valence electrons. The molecule has 1 N–H and O–H groups in total. The summed E-state index contributed by atoms with van der Waals surface area (Å²) in [5, 5.41) is 3.65. The van der Waals surface area contributed by atoms with E-state index in [1.165, 1.54) is 0 Å². The van der Waals surface area contributed by atoms with Gasteiger partial charge >= 0.3 is 0 Å². The molecule has 0 saturated heterocycles. The maximum absolute atomic E-state index is 12.8. The van der Waals surface area contributed by atoms with Crippen LogP contribution in [0.2, 0.25) is 10.0 Å². The lowest BCUT2D eigenvalue weighted by atomic mass is 10.1. The number of hydrogen-bond acceptors (Lipinski definition) is 3. The van der Waals surface area contributed by atoms with Crippen LogP contribution in [0, 0.1) is 0 Å². The molecule has 7 heteroatoms. The quantitative estimate of drug-likeness (QED) is 0.385. The average molecular weight is 495 g/mol. The van der Waals surface area contributed by atoms with Crippen molar-refractivity contribution >= 4 is 50.7 Å². The van der Waals surface area contributed by atoms with E-state index in [-0.39, 0.29) is 5.91 Å². The molecule has 0 heterocycles. The topological polar surface area (TPSA) is 47.6 Å². The number of anilines is 1. The van der Waals surface area contributed by atoms with E-state index in [1.807, 2.05) is 37.3 Å². The number of nitrogens with one attached hydrogen (secondary N) is 1. The molecule has 0 atom stereocenters. The van der Waals surface area contributed by atoms with Gasteiger partial charge in [-0.15, -0.1) is 0 Å². The molecule has 1 amide bonds. The third-order valence-corrected chi connectivity index (χ3v) is 5.13. The van der Waals surface area contributed by atoms with Gasteiger partial charge in [-0.1, -0.05) is 53.5 Å². The van der Waals surface area contributed by atoms with Gasteiger partial charge in [0.25, 0.3) is 5.91 Å². The zero-order valence-electron chi connectivity index (χ0n) is 15.5. The fraction of sp³-hybridized carbons (Fsp3) is 0.136. The van der Waals surface area contributed by atoms with E-state index in [0.29, 0.717) is 50.5 Å². The Morgan fingerprint density at radius 2 is 1.79 bits per heavy atom. The van der Waals surface area contributed by atoms with Crippen LogP contribution in [0.15, 0.2) is 65.1 Å². The second kappa shape index (κ2) is 10.0. The zero-order valence-corrected chi connectivity index (χ0v) is 18.6. The van der Waals surface area contributed by atoms with Crippen LogP contribution in [-0.2, 0) is 6.61 Å². The van der Waals surface area contributed by atoms with Gasteiger partial charge < -0.3 is 14.8 Å². The van der Waals surface area contributed by atoms with Crippen molar-refractivity contribution in [3.05, 3.63) is 86.3 Å². The van der Waals surface area contributed by atoms with Crippen molar-refractivity contribution < 1.29 is 14.3 Å². The molecule has 29 heavy (non-hydrogen) atoms. The summed E-state index contributed by atoms with van der Waals surface area (Å²) < 4.78 is 12.3. The molecule has 0 radical (unpaired) electrons. The highest BCUT2D eigenvalue weighted by Gasteiger charge is 2.17. The van der Waals surface area contributed by atoms with E-state index < -0.39 is 0 Å². The van der Waals surface area contributed by atoms with Gasteiger partial charge in [0.05, 0.1) is 21.8 Å². The van der Waals surface area contributed by atoms with Crippen molar-refractivity contribution in [2.45, 2.75) is 13.5 Å². The van der Waals surface area contributed by atoms with Crippen molar-refractivity contribution in [1.29, 1.82) is 0 Å². The highest BCUT2D eigenvalue weighted by molar-refractivity contribution is 9.10. The molecular weight excluding hydrogens is 477 g/mol. The van der Waals surface area contributed by atoms with Gasteiger partial charge in [0, 0.05) is 10.6 Å². The smallest absolute Gasteiger partial charge is 0.255 e. The maximum atomic E-state index is 12.8. The minimum absolute atomic E-state index is 0.345. The van der Waals surface area contributed by atoms with Gasteiger partial charge in [-0.25, -0.2) is 0 Å². The summed E-state index contributed by atoms with van der Waals surface area (Å²) >= 11 is 15.6. The molecule has 3 aromatic carbocycles. The summed E-state index contributed by atoms with van der Waals surface area (Å²) in [5.41, 5.74) is 1.83. The van der Waals surface area contributed by atoms with Gasteiger partial charge in [0.2, 0.25) is 0 Å². The Bertz CT molecular complexity index is 1010. The van der Waals surface area contributed by atoms with Crippen LogP contribution in [0.1, 0.15) is 22.8 Å². The number of carbonyl (C=O) groups is 1. The molecular formula is C22H18BrCl2NO3. The Labute approximate surface area is 187 Å². The van der Waals surface area contributed by atoms with Crippen LogP contribution in [0.5, 0.6) is 11.5 Å². The number of rotatable bonds is 7. The normalized spacial score (nSPS) is 10.5. The largest absolute Gasteiger partial charge is 0.489 e. The van der Waals surface area contributed by atoms with E-state index >= 15 is 0 Å². The van der Waals surface area contributed by atoms with E-state index in [1.54, 1.807) is 30.3 Å². The first kappa shape index (κ1) is 21.5. The number of hydrogen-bond donors (Lipinski definition) is 1. The average Bonchev–Trinajstić information content (AvgIpc) is 2.71. The Morgan fingerprint density at radius 3 is 2.52 bits per heavy atom. The maximum Gasteiger partial charge on any atom is 0.255 e. The minimum atomic E-state index is -0.345. The second-order valence-corrected chi connectivity index (χ2v) is 7.77. The lowest BCUT2D eigenvalue weighted by Gasteiger charge is -2.16. The van der Waals surface area contributed by atoms with Crippen molar-refractivity contribution in [2.75, 3.05) is 11.9 Å². The number of amides is 1. The predicted octanol–water partition coefficient (Wildman–Crippen LogP) is 6.99. The van der Waals surface area contributed by atoms with Crippen molar-refractivity contribution in [2.24, 2.45) is 0 Å². The van der Waals surface area contributed by atoms with Crippen LogP contribution < -0.4 is 14.8 Å². The summed E-state index contributed by atoms with van der Waals surface area (Å²) in [5.74, 6) is 0.663.